The monoisotopic (exact) mass is 432 g/mol. The van der Waals surface area contributed by atoms with Gasteiger partial charge in [0.2, 0.25) is 0 Å². The van der Waals surface area contributed by atoms with E-state index in [4.69, 9.17) is 20.8 Å². The molecule has 2 heterocycles. The summed E-state index contributed by atoms with van der Waals surface area (Å²) >= 11 is 6.25. The highest BCUT2D eigenvalue weighted by molar-refractivity contribution is 6.46. The summed E-state index contributed by atoms with van der Waals surface area (Å²) in [7, 11) is 3.76. The Labute approximate surface area is 180 Å². The number of aryl methyl sites for hydroxylation is 1. The number of furan rings is 1. The lowest BCUT2D eigenvalue weighted by atomic mass is 9.99. The van der Waals surface area contributed by atoms with Crippen molar-refractivity contribution < 1.29 is 23.8 Å². The van der Waals surface area contributed by atoms with Gasteiger partial charge >= 0.3 is 0 Å². The summed E-state index contributed by atoms with van der Waals surface area (Å²) in [4.78, 5) is 29.0. The molecule has 1 fully saturated rings. The molecule has 3 rings (SSSR count). The van der Waals surface area contributed by atoms with Gasteiger partial charge in [-0.2, -0.15) is 0 Å². The zero-order valence-corrected chi connectivity index (χ0v) is 18.2. The molecule has 1 saturated heterocycles. The maximum absolute atomic E-state index is 12.9. The summed E-state index contributed by atoms with van der Waals surface area (Å²) in [5.74, 6) is -0.189. The van der Waals surface area contributed by atoms with Crippen molar-refractivity contribution in [3.8, 4) is 5.75 Å². The molecule has 1 aliphatic rings. The molecule has 0 bridgehead atoms. The third-order valence-corrected chi connectivity index (χ3v) is 5.16. The van der Waals surface area contributed by atoms with Crippen LogP contribution in [0, 0.1) is 6.92 Å². The SMILES string of the molecule is CCOc1ccc(C(O)=C2C(=O)C(=O)N(CCN(C)C)[C@@H]2c2ccc(C)o2)cc1Cl. The average Bonchev–Trinajstić information content (AvgIpc) is 3.23. The van der Waals surface area contributed by atoms with Crippen molar-refractivity contribution >= 4 is 29.1 Å². The zero-order chi connectivity index (χ0) is 22.0. The van der Waals surface area contributed by atoms with Crippen molar-refractivity contribution in [1.29, 1.82) is 0 Å². The van der Waals surface area contributed by atoms with Gasteiger partial charge in [0.1, 0.15) is 29.1 Å². The Morgan fingerprint density at radius 2 is 2.00 bits per heavy atom. The topological polar surface area (TPSA) is 83.2 Å². The van der Waals surface area contributed by atoms with Gasteiger partial charge in [-0.1, -0.05) is 11.6 Å². The number of Topliss-reactive ketones (excluding diaryl/α,β-unsaturated/α-hetero) is 1. The van der Waals surface area contributed by atoms with E-state index in [1.165, 1.54) is 11.0 Å². The summed E-state index contributed by atoms with van der Waals surface area (Å²) in [5, 5.41) is 11.3. The molecular formula is C22H25ClN2O5. The fourth-order valence-corrected chi connectivity index (χ4v) is 3.63. The summed E-state index contributed by atoms with van der Waals surface area (Å²) in [6.07, 6.45) is 0. The highest BCUT2D eigenvalue weighted by Gasteiger charge is 2.47. The van der Waals surface area contributed by atoms with Crippen LogP contribution in [0.3, 0.4) is 0 Å². The number of nitrogens with zero attached hydrogens (tertiary/aromatic N) is 2. The molecule has 1 aliphatic heterocycles. The predicted molar refractivity (Wildman–Crippen MR) is 114 cm³/mol. The van der Waals surface area contributed by atoms with E-state index in [1.807, 2.05) is 25.9 Å². The second-order valence-corrected chi connectivity index (χ2v) is 7.73. The highest BCUT2D eigenvalue weighted by atomic mass is 35.5. The maximum Gasteiger partial charge on any atom is 0.295 e. The molecule has 0 radical (unpaired) electrons. The maximum atomic E-state index is 12.9. The fourth-order valence-electron chi connectivity index (χ4n) is 3.39. The van der Waals surface area contributed by atoms with Crippen LogP contribution in [0.4, 0.5) is 0 Å². The van der Waals surface area contributed by atoms with Crippen molar-refractivity contribution in [2.75, 3.05) is 33.8 Å². The largest absolute Gasteiger partial charge is 0.507 e. The Hall–Kier alpha value is -2.77. The van der Waals surface area contributed by atoms with E-state index in [1.54, 1.807) is 31.2 Å². The lowest BCUT2D eigenvalue weighted by Crippen LogP contribution is -2.35. The molecule has 0 spiro atoms. The van der Waals surface area contributed by atoms with Crippen LogP contribution in [-0.2, 0) is 9.59 Å². The molecule has 1 aromatic carbocycles. The van der Waals surface area contributed by atoms with E-state index in [9.17, 15) is 14.7 Å². The predicted octanol–water partition coefficient (Wildman–Crippen LogP) is 3.62. The third-order valence-electron chi connectivity index (χ3n) is 4.86. The number of likely N-dealkylation sites (N-methyl/N-ethyl adjacent to an activating group) is 1. The Morgan fingerprint density at radius 3 is 2.57 bits per heavy atom. The van der Waals surface area contributed by atoms with Gasteiger partial charge in [-0.15, -0.1) is 0 Å². The van der Waals surface area contributed by atoms with Gasteiger partial charge in [0.25, 0.3) is 11.7 Å². The second-order valence-electron chi connectivity index (χ2n) is 7.32. The number of rotatable bonds is 7. The molecule has 1 amide bonds. The fraction of sp³-hybridized carbons (Fsp3) is 0.364. The van der Waals surface area contributed by atoms with Crippen molar-refractivity contribution in [3.63, 3.8) is 0 Å². The molecule has 2 aromatic rings. The van der Waals surface area contributed by atoms with Gasteiger partial charge in [0, 0.05) is 18.7 Å². The number of hydrogen-bond acceptors (Lipinski definition) is 6. The molecule has 30 heavy (non-hydrogen) atoms. The minimum Gasteiger partial charge on any atom is -0.507 e. The minimum atomic E-state index is -0.816. The molecule has 0 aliphatic carbocycles. The first-order valence-electron chi connectivity index (χ1n) is 9.66. The van der Waals surface area contributed by atoms with Gasteiger partial charge in [0.15, 0.2) is 0 Å². The zero-order valence-electron chi connectivity index (χ0n) is 17.4. The Bertz CT molecular complexity index is 995. The van der Waals surface area contributed by atoms with Gasteiger partial charge in [-0.05, 0) is 58.3 Å². The first-order chi connectivity index (χ1) is 14.2. The lowest BCUT2D eigenvalue weighted by molar-refractivity contribution is -0.140. The van der Waals surface area contributed by atoms with Crippen LogP contribution in [0.15, 0.2) is 40.3 Å². The Kier molecular flexibility index (Phi) is 6.53. The number of carbonyl (C=O) groups is 2. The van der Waals surface area contributed by atoms with E-state index in [-0.39, 0.29) is 11.3 Å². The van der Waals surface area contributed by atoms with Crippen LogP contribution in [0.1, 0.15) is 30.0 Å². The third kappa shape index (κ3) is 4.22. The number of ketones is 1. The van der Waals surface area contributed by atoms with Crippen molar-refractivity contribution in [2.45, 2.75) is 19.9 Å². The minimum absolute atomic E-state index is 0.0201. The molecular weight excluding hydrogens is 408 g/mol. The number of likely N-dealkylation sites (tertiary alicyclic amines) is 1. The smallest absolute Gasteiger partial charge is 0.295 e. The first-order valence-corrected chi connectivity index (χ1v) is 10.0. The Morgan fingerprint density at radius 1 is 1.27 bits per heavy atom. The van der Waals surface area contributed by atoms with Crippen LogP contribution in [0.5, 0.6) is 5.75 Å². The number of carbonyl (C=O) groups excluding carboxylic acids is 2. The van der Waals surface area contributed by atoms with Gasteiger partial charge in [-0.25, -0.2) is 0 Å². The average molecular weight is 433 g/mol. The summed E-state index contributed by atoms with van der Waals surface area (Å²) in [6.45, 7) is 4.92. The molecule has 0 saturated carbocycles. The number of ether oxygens (including phenoxy) is 1. The number of aliphatic hydroxyl groups excluding tert-OH is 1. The van der Waals surface area contributed by atoms with Gasteiger partial charge < -0.3 is 24.1 Å². The van der Waals surface area contributed by atoms with E-state index >= 15 is 0 Å². The number of halogens is 1. The molecule has 1 N–H and O–H groups in total. The molecule has 1 atom stereocenters. The van der Waals surface area contributed by atoms with E-state index in [0.717, 1.165) is 0 Å². The van der Waals surface area contributed by atoms with Crippen molar-refractivity contribution in [3.05, 3.63) is 58.0 Å². The van der Waals surface area contributed by atoms with Gasteiger partial charge in [0.05, 0.1) is 17.2 Å². The van der Waals surface area contributed by atoms with Crippen LogP contribution < -0.4 is 4.74 Å². The Balaban J connectivity index is 2.10. The summed E-state index contributed by atoms with van der Waals surface area (Å²) in [5.41, 5.74) is 0.302. The number of aliphatic hydroxyl groups is 1. The molecule has 0 unspecified atom stereocenters. The quantitative estimate of drug-likeness (QED) is 0.408. The number of benzene rings is 1. The van der Waals surface area contributed by atoms with E-state index in [2.05, 4.69) is 0 Å². The van der Waals surface area contributed by atoms with Crippen LogP contribution in [0.2, 0.25) is 5.02 Å². The molecule has 160 valence electrons. The first kappa shape index (κ1) is 21.9. The highest BCUT2D eigenvalue weighted by Crippen LogP contribution is 2.40. The van der Waals surface area contributed by atoms with Gasteiger partial charge in [-0.3, -0.25) is 9.59 Å². The summed E-state index contributed by atoms with van der Waals surface area (Å²) < 4.78 is 11.2. The van der Waals surface area contributed by atoms with Crippen LogP contribution in [-0.4, -0.2) is 60.4 Å². The normalized spacial score (nSPS) is 18.5. The van der Waals surface area contributed by atoms with E-state index < -0.39 is 17.7 Å². The number of hydrogen-bond donors (Lipinski definition) is 1. The summed E-state index contributed by atoms with van der Waals surface area (Å²) in [6, 6.07) is 7.39. The molecule has 7 nitrogen and oxygen atoms in total. The van der Waals surface area contributed by atoms with Crippen molar-refractivity contribution in [1.82, 2.24) is 9.80 Å². The van der Waals surface area contributed by atoms with Crippen LogP contribution >= 0.6 is 11.6 Å². The standard InChI is InChI=1S/C22H25ClN2O5/c1-5-29-16-9-7-14(12-15(16)23)20(26)18-19(17-8-6-13(2)30-17)25(11-10-24(3)4)22(28)21(18)27/h6-9,12,19,26H,5,10-11H2,1-4H3/t19-/m1/s1. The molecule has 8 heteroatoms. The van der Waals surface area contributed by atoms with Crippen molar-refractivity contribution in [2.24, 2.45) is 0 Å². The lowest BCUT2D eigenvalue weighted by Gasteiger charge is -2.24. The molecule has 1 aromatic heterocycles. The second kappa shape index (κ2) is 8.93. The number of amides is 1. The van der Waals surface area contributed by atoms with E-state index in [0.29, 0.717) is 47.6 Å². The van der Waals surface area contributed by atoms with Crippen LogP contribution in [0.25, 0.3) is 5.76 Å².